The maximum atomic E-state index is 12.2. The predicted octanol–water partition coefficient (Wildman–Crippen LogP) is 2.96. The quantitative estimate of drug-likeness (QED) is 0.871. The van der Waals surface area contributed by atoms with Crippen molar-refractivity contribution in [3.8, 4) is 5.75 Å². The fraction of sp³-hybridized carbons (Fsp3) is 0.455. The molecule has 0 heterocycles. The highest BCUT2D eigenvalue weighted by atomic mass is 19.4. The smallest absolute Gasteiger partial charge is 0.390 e. The summed E-state index contributed by atoms with van der Waals surface area (Å²) in [7, 11) is 1.50. The van der Waals surface area contributed by atoms with E-state index in [-0.39, 0.29) is 0 Å². The van der Waals surface area contributed by atoms with Crippen molar-refractivity contribution < 1.29 is 17.9 Å². The minimum Gasteiger partial charge on any atom is -0.497 e. The van der Waals surface area contributed by atoms with Crippen LogP contribution in [-0.2, 0) is 0 Å². The molecule has 16 heavy (non-hydrogen) atoms. The van der Waals surface area contributed by atoms with Crippen LogP contribution in [0.1, 0.15) is 23.6 Å². The number of halogens is 3. The van der Waals surface area contributed by atoms with E-state index in [1.807, 2.05) is 0 Å². The zero-order valence-corrected chi connectivity index (χ0v) is 9.14. The van der Waals surface area contributed by atoms with Crippen LogP contribution < -0.4 is 10.5 Å². The Morgan fingerprint density at radius 3 is 2.44 bits per heavy atom. The lowest BCUT2D eigenvalue weighted by Crippen LogP contribution is -2.20. The van der Waals surface area contributed by atoms with Crippen LogP contribution in [0.15, 0.2) is 18.2 Å². The van der Waals surface area contributed by atoms with Crippen molar-refractivity contribution in [2.45, 2.75) is 25.6 Å². The van der Waals surface area contributed by atoms with E-state index in [2.05, 4.69) is 0 Å². The molecule has 1 rings (SSSR count). The minimum absolute atomic E-state index is 0.498. The number of nitrogens with two attached hydrogens (primary N) is 1. The molecule has 2 N–H and O–H groups in total. The van der Waals surface area contributed by atoms with Crippen molar-refractivity contribution >= 4 is 0 Å². The Hall–Kier alpha value is -1.23. The number of aryl methyl sites for hydroxylation is 1. The van der Waals surface area contributed by atoms with E-state index in [0.29, 0.717) is 16.9 Å². The fourth-order valence-electron chi connectivity index (χ4n) is 1.55. The largest absolute Gasteiger partial charge is 0.497 e. The van der Waals surface area contributed by atoms with E-state index in [0.717, 1.165) is 0 Å². The number of benzene rings is 1. The SMILES string of the molecule is COc1ccc([C@H](N)CC(F)(F)F)c(C)c1. The van der Waals surface area contributed by atoms with Crippen molar-refractivity contribution in [1.29, 1.82) is 0 Å². The maximum Gasteiger partial charge on any atom is 0.390 e. The van der Waals surface area contributed by atoms with Gasteiger partial charge in [-0.3, -0.25) is 0 Å². The molecule has 1 aromatic carbocycles. The Morgan fingerprint density at radius 2 is 2.00 bits per heavy atom. The second-order valence-corrected chi connectivity index (χ2v) is 3.65. The van der Waals surface area contributed by atoms with E-state index in [4.69, 9.17) is 10.5 Å². The third-order valence-electron chi connectivity index (χ3n) is 2.33. The average Bonchev–Trinajstić information content (AvgIpc) is 2.14. The molecule has 0 radical (unpaired) electrons. The van der Waals surface area contributed by atoms with Crippen molar-refractivity contribution in [2.75, 3.05) is 7.11 Å². The van der Waals surface area contributed by atoms with E-state index in [9.17, 15) is 13.2 Å². The van der Waals surface area contributed by atoms with Gasteiger partial charge < -0.3 is 10.5 Å². The molecule has 90 valence electrons. The van der Waals surface area contributed by atoms with Crippen LogP contribution >= 0.6 is 0 Å². The molecule has 0 aliphatic rings. The third kappa shape index (κ3) is 3.41. The van der Waals surface area contributed by atoms with Crippen LogP contribution in [0.3, 0.4) is 0 Å². The van der Waals surface area contributed by atoms with Crippen molar-refractivity contribution in [2.24, 2.45) is 5.73 Å². The van der Waals surface area contributed by atoms with Gasteiger partial charge in [0.1, 0.15) is 5.75 Å². The minimum atomic E-state index is -4.24. The molecule has 0 fully saturated rings. The van der Waals surface area contributed by atoms with E-state index >= 15 is 0 Å². The zero-order chi connectivity index (χ0) is 12.3. The molecule has 0 unspecified atom stereocenters. The lowest BCUT2D eigenvalue weighted by molar-refractivity contribution is -0.138. The summed E-state index contributed by atoms with van der Waals surface area (Å²) in [5.41, 5.74) is 6.72. The standard InChI is InChI=1S/C11H14F3NO/c1-7-5-8(16-2)3-4-9(7)10(15)6-11(12,13)14/h3-5,10H,6,15H2,1-2H3/t10-/m1/s1. The highest BCUT2D eigenvalue weighted by Crippen LogP contribution is 2.30. The normalized spacial score (nSPS) is 13.6. The van der Waals surface area contributed by atoms with Crippen molar-refractivity contribution in [1.82, 2.24) is 0 Å². The van der Waals surface area contributed by atoms with Gasteiger partial charge in [0.15, 0.2) is 0 Å². The number of rotatable bonds is 3. The Bertz CT molecular complexity index is 363. The highest BCUT2D eigenvalue weighted by molar-refractivity contribution is 5.36. The summed E-state index contributed by atoms with van der Waals surface area (Å²) in [5, 5.41) is 0. The first-order valence-corrected chi connectivity index (χ1v) is 4.80. The predicted molar refractivity (Wildman–Crippen MR) is 55.3 cm³/mol. The second-order valence-electron chi connectivity index (χ2n) is 3.65. The molecular formula is C11H14F3NO. The van der Waals surface area contributed by atoms with Crippen LogP contribution in [0, 0.1) is 6.92 Å². The molecule has 1 atom stereocenters. The average molecular weight is 233 g/mol. The van der Waals surface area contributed by atoms with Gasteiger partial charge >= 0.3 is 6.18 Å². The molecule has 0 aliphatic carbocycles. The van der Waals surface area contributed by atoms with Gasteiger partial charge in [0, 0.05) is 6.04 Å². The molecule has 0 amide bonds. The van der Waals surface area contributed by atoms with Crippen molar-refractivity contribution in [3.05, 3.63) is 29.3 Å². The fourth-order valence-corrected chi connectivity index (χ4v) is 1.55. The van der Waals surface area contributed by atoms with Gasteiger partial charge in [0.2, 0.25) is 0 Å². The first kappa shape index (κ1) is 12.8. The molecule has 0 saturated heterocycles. The lowest BCUT2D eigenvalue weighted by atomic mass is 9.99. The highest BCUT2D eigenvalue weighted by Gasteiger charge is 2.31. The van der Waals surface area contributed by atoms with E-state index in [1.54, 1.807) is 25.1 Å². The molecule has 5 heteroatoms. The third-order valence-corrected chi connectivity index (χ3v) is 2.33. The van der Waals surface area contributed by atoms with Crippen LogP contribution in [0.2, 0.25) is 0 Å². The number of methoxy groups -OCH3 is 1. The van der Waals surface area contributed by atoms with Gasteiger partial charge in [-0.05, 0) is 30.2 Å². The van der Waals surface area contributed by atoms with Gasteiger partial charge in [-0.25, -0.2) is 0 Å². The Labute approximate surface area is 92.2 Å². The van der Waals surface area contributed by atoms with Crippen LogP contribution in [-0.4, -0.2) is 13.3 Å². The van der Waals surface area contributed by atoms with Gasteiger partial charge in [0.25, 0.3) is 0 Å². The Balaban J connectivity index is 2.88. The first-order valence-electron chi connectivity index (χ1n) is 4.80. The summed E-state index contributed by atoms with van der Waals surface area (Å²) in [4.78, 5) is 0. The van der Waals surface area contributed by atoms with Gasteiger partial charge in [-0.15, -0.1) is 0 Å². The Kier molecular flexibility index (Phi) is 3.80. The molecule has 0 aromatic heterocycles. The van der Waals surface area contributed by atoms with E-state index in [1.165, 1.54) is 7.11 Å². The topological polar surface area (TPSA) is 35.2 Å². The second kappa shape index (κ2) is 4.74. The summed E-state index contributed by atoms with van der Waals surface area (Å²) >= 11 is 0. The number of hydrogen-bond acceptors (Lipinski definition) is 2. The van der Waals surface area contributed by atoms with Crippen LogP contribution in [0.4, 0.5) is 13.2 Å². The lowest BCUT2D eigenvalue weighted by Gasteiger charge is -2.17. The van der Waals surface area contributed by atoms with Gasteiger partial charge in [-0.2, -0.15) is 13.2 Å². The van der Waals surface area contributed by atoms with Crippen molar-refractivity contribution in [3.63, 3.8) is 0 Å². The molecule has 0 aliphatic heterocycles. The van der Waals surface area contributed by atoms with Crippen LogP contribution in [0.25, 0.3) is 0 Å². The monoisotopic (exact) mass is 233 g/mol. The summed E-state index contributed by atoms with van der Waals surface area (Å²) < 4.78 is 41.5. The molecule has 1 aromatic rings. The maximum absolute atomic E-state index is 12.2. The Morgan fingerprint density at radius 1 is 1.38 bits per heavy atom. The summed E-state index contributed by atoms with van der Waals surface area (Å²) in [6.45, 7) is 1.72. The summed E-state index contributed by atoms with van der Waals surface area (Å²) in [6, 6.07) is 3.83. The number of ether oxygens (including phenoxy) is 1. The van der Waals surface area contributed by atoms with Gasteiger partial charge in [0.05, 0.1) is 13.5 Å². The van der Waals surface area contributed by atoms with Crippen LogP contribution in [0.5, 0.6) is 5.75 Å². The summed E-state index contributed by atoms with van der Waals surface area (Å²) in [6.07, 6.45) is -5.26. The molecule has 0 saturated carbocycles. The number of alkyl halides is 3. The molecule has 0 spiro atoms. The van der Waals surface area contributed by atoms with Gasteiger partial charge in [-0.1, -0.05) is 6.07 Å². The van der Waals surface area contributed by atoms with E-state index < -0.39 is 18.6 Å². The number of hydrogen-bond donors (Lipinski definition) is 1. The molecular weight excluding hydrogens is 219 g/mol. The zero-order valence-electron chi connectivity index (χ0n) is 9.14. The molecule has 2 nitrogen and oxygen atoms in total. The summed E-state index contributed by atoms with van der Waals surface area (Å²) in [5.74, 6) is 0.612. The molecule has 0 bridgehead atoms. The first-order chi connectivity index (χ1) is 7.33.